The second-order valence-corrected chi connectivity index (χ2v) is 5.70. The van der Waals surface area contributed by atoms with Gasteiger partial charge >= 0.3 is 5.97 Å². The molecule has 1 unspecified atom stereocenters. The van der Waals surface area contributed by atoms with Gasteiger partial charge in [0.15, 0.2) is 0 Å². The quantitative estimate of drug-likeness (QED) is 0.938. The number of pyridine rings is 1. The summed E-state index contributed by atoms with van der Waals surface area (Å²) in [5.41, 5.74) is 2.04. The number of carboxylic acids is 1. The van der Waals surface area contributed by atoms with Crippen molar-refractivity contribution < 1.29 is 9.90 Å². The lowest BCUT2D eigenvalue weighted by atomic mass is 9.98. The van der Waals surface area contributed by atoms with Crippen molar-refractivity contribution in [3.8, 4) is 0 Å². The molecule has 2 aromatic heterocycles. The number of rotatable bonds is 4. The zero-order chi connectivity index (χ0) is 14.8. The largest absolute Gasteiger partial charge is 0.478 e. The summed E-state index contributed by atoms with van der Waals surface area (Å²) < 4.78 is 1.90. The number of aromatic carboxylic acids is 1. The predicted octanol–water partition coefficient (Wildman–Crippen LogP) is 2.45. The van der Waals surface area contributed by atoms with Gasteiger partial charge in [-0.05, 0) is 38.1 Å². The van der Waals surface area contributed by atoms with E-state index in [1.807, 2.05) is 10.6 Å². The number of hydrogen-bond acceptors (Lipinski definition) is 3. The summed E-state index contributed by atoms with van der Waals surface area (Å²) in [6, 6.07) is 3.80. The number of likely N-dealkylation sites (N-methyl/N-ethyl adjacent to an activating group) is 1. The van der Waals surface area contributed by atoms with Crippen LogP contribution in [0.15, 0.2) is 24.5 Å². The van der Waals surface area contributed by atoms with Crippen LogP contribution in [-0.4, -0.2) is 44.5 Å². The van der Waals surface area contributed by atoms with Gasteiger partial charge < -0.3 is 14.4 Å². The summed E-state index contributed by atoms with van der Waals surface area (Å²) in [4.78, 5) is 18.1. The molecule has 1 atom stereocenters. The maximum absolute atomic E-state index is 11.0. The number of likely N-dealkylation sites (tertiary alicyclic amines) is 1. The summed E-state index contributed by atoms with van der Waals surface area (Å²) in [5.74, 6) is -0.911. The molecule has 0 radical (unpaired) electrons. The van der Waals surface area contributed by atoms with Crippen LogP contribution in [0, 0.1) is 0 Å². The van der Waals surface area contributed by atoms with E-state index < -0.39 is 5.97 Å². The number of carbonyl (C=O) groups is 1. The fraction of sp³-hybridized carbons (Fsp3) is 0.500. The van der Waals surface area contributed by atoms with Crippen molar-refractivity contribution in [2.75, 3.05) is 13.1 Å². The van der Waals surface area contributed by atoms with Gasteiger partial charge in [-0.3, -0.25) is 0 Å². The first-order valence-corrected chi connectivity index (χ1v) is 7.62. The Kier molecular flexibility index (Phi) is 3.92. The van der Waals surface area contributed by atoms with E-state index in [1.165, 1.54) is 25.8 Å². The topological polar surface area (TPSA) is 57.8 Å². The van der Waals surface area contributed by atoms with Gasteiger partial charge in [-0.1, -0.05) is 13.3 Å². The van der Waals surface area contributed by atoms with Crippen molar-refractivity contribution in [2.45, 2.75) is 38.6 Å². The van der Waals surface area contributed by atoms with E-state index in [2.05, 4.69) is 16.8 Å². The molecule has 0 saturated carbocycles. The first-order valence-electron chi connectivity index (χ1n) is 7.62. The fourth-order valence-corrected chi connectivity index (χ4v) is 3.21. The van der Waals surface area contributed by atoms with Crippen LogP contribution in [-0.2, 0) is 6.42 Å². The van der Waals surface area contributed by atoms with Gasteiger partial charge in [0.1, 0.15) is 5.65 Å². The van der Waals surface area contributed by atoms with Gasteiger partial charge in [0.25, 0.3) is 0 Å². The number of imidazole rings is 1. The Hall–Kier alpha value is -1.88. The Balaban J connectivity index is 1.82. The number of aromatic nitrogens is 2. The molecule has 0 amide bonds. The smallest absolute Gasteiger partial charge is 0.335 e. The molecule has 3 rings (SSSR count). The van der Waals surface area contributed by atoms with E-state index in [0.717, 1.165) is 18.7 Å². The highest BCUT2D eigenvalue weighted by atomic mass is 16.4. The highest BCUT2D eigenvalue weighted by Crippen LogP contribution is 2.20. The predicted molar refractivity (Wildman–Crippen MR) is 80.7 cm³/mol. The van der Waals surface area contributed by atoms with Crippen LogP contribution < -0.4 is 0 Å². The third-order valence-corrected chi connectivity index (χ3v) is 4.36. The molecular formula is C16H21N3O2. The van der Waals surface area contributed by atoms with Crippen LogP contribution in [0.2, 0.25) is 0 Å². The first kappa shape index (κ1) is 14.1. The van der Waals surface area contributed by atoms with Crippen molar-refractivity contribution >= 4 is 11.6 Å². The van der Waals surface area contributed by atoms with Crippen molar-refractivity contribution in [3.05, 3.63) is 35.8 Å². The summed E-state index contributed by atoms with van der Waals surface area (Å²) in [5, 5.41) is 9.04. The summed E-state index contributed by atoms with van der Waals surface area (Å²) >= 11 is 0. The minimum atomic E-state index is -0.911. The molecule has 0 aromatic carbocycles. The first-order chi connectivity index (χ1) is 10.2. The van der Waals surface area contributed by atoms with Crippen molar-refractivity contribution in [1.29, 1.82) is 0 Å². The molecule has 1 saturated heterocycles. The van der Waals surface area contributed by atoms with Crippen LogP contribution in [0.1, 0.15) is 42.2 Å². The zero-order valence-corrected chi connectivity index (χ0v) is 12.3. The van der Waals surface area contributed by atoms with Crippen LogP contribution >= 0.6 is 0 Å². The van der Waals surface area contributed by atoms with Gasteiger partial charge in [0.2, 0.25) is 0 Å². The summed E-state index contributed by atoms with van der Waals surface area (Å²) in [7, 11) is 0. The lowest BCUT2D eigenvalue weighted by Crippen LogP contribution is -2.40. The molecule has 2 aromatic rings. The molecule has 21 heavy (non-hydrogen) atoms. The van der Waals surface area contributed by atoms with Crippen molar-refractivity contribution in [1.82, 2.24) is 14.3 Å². The van der Waals surface area contributed by atoms with E-state index in [9.17, 15) is 4.79 Å². The van der Waals surface area contributed by atoms with E-state index in [4.69, 9.17) is 5.11 Å². The number of hydrogen-bond donors (Lipinski definition) is 1. The highest BCUT2D eigenvalue weighted by Gasteiger charge is 2.22. The Morgan fingerprint density at radius 2 is 2.33 bits per heavy atom. The van der Waals surface area contributed by atoms with Crippen LogP contribution in [0.3, 0.4) is 0 Å². The van der Waals surface area contributed by atoms with Gasteiger partial charge in [-0.2, -0.15) is 0 Å². The molecule has 1 aliphatic heterocycles. The van der Waals surface area contributed by atoms with Gasteiger partial charge in [-0.25, -0.2) is 9.78 Å². The molecule has 112 valence electrons. The van der Waals surface area contributed by atoms with E-state index >= 15 is 0 Å². The Bertz CT molecular complexity index is 650. The average Bonchev–Trinajstić information content (AvgIpc) is 2.89. The second kappa shape index (κ2) is 5.85. The number of fused-ring (bicyclic) bond motifs is 1. The van der Waals surface area contributed by atoms with Crippen molar-refractivity contribution in [3.63, 3.8) is 0 Å². The van der Waals surface area contributed by atoms with E-state index in [-0.39, 0.29) is 5.56 Å². The summed E-state index contributed by atoms with van der Waals surface area (Å²) in [6.45, 7) is 4.47. The minimum absolute atomic E-state index is 0.285. The van der Waals surface area contributed by atoms with E-state index in [1.54, 1.807) is 18.3 Å². The van der Waals surface area contributed by atoms with Crippen LogP contribution in [0.4, 0.5) is 0 Å². The Labute approximate surface area is 124 Å². The van der Waals surface area contributed by atoms with Crippen molar-refractivity contribution in [2.24, 2.45) is 0 Å². The molecule has 5 heteroatoms. The van der Waals surface area contributed by atoms with E-state index in [0.29, 0.717) is 11.7 Å². The Morgan fingerprint density at radius 1 is 1.48 bits per heavy atom. The fourth-order valence-electron chi connectivity index (χ4n) is 3.21. The van der Waals surface area contributed by atoms with Crippen LogP contribution in [0.5, 0.6) is 0 Å². The lowest BCUT2D eigenvalue weighted by molar-refractivity contribution is 0.0697. The molecule has 1 aliphatic rings. The summed E-state index contributed by atoms with van der Waals surface area (Å²) in [6.07, 6.45) is 8.53. The highest BCUT2D eigenvalue weighted by molar-refractivity contribution is 5.88. The minimum Gasteiger partial charge on any atom is -0.478 e. The van der Waals surface area contributed by atoms with Gasteiger partial charge in [0, 0.05) is 24.9 Å². The lowest BCUT2D eigenvalue weighted by Gasteiger charge is -2.34. The van der Waals surface area contributed by atoms with Gasteiger partial charge in [-0.15, -0.1) is 0 Å². The maximum Gasteiger partial charge on any atom is 0.335 e. The molecular weight excluding hydrogens is 266 g/mol. The Morgan fingerprint density at radius 3 is 3.10 bits per heavy atom. The maximum atomic E-state index is 11.0. The normalized spacial score (nSPS) is 20.0. The molecule has 0 aliphatic carbocycles. The third-order valence-electron chi connectivity index (χ3n) is 4.36. The standard InChI is InChI=1S/C16H21N3O2/c1-2-18-7-4-3-5-14(18)10-13-11-19-8-6-12(16(20)21)9-15(19)17-13/h6,8-9,11,14H,2-5,7,10H2,1H3,(H,20,21). The molecule has 3 heterocycles. The number of carboxylic acid groups (broad SMARTS) is 1. The molecule has 5 nitrogen and oxygen atoms in total. The number of piperidine rings is 1. The average molecular weight is 287 g/mol. The molecule has 1 N–H and O–H groups in total. The van der Waals surface area contributed by atoms with Crippen LogP contribution in [0.25, 0.3) is 5.65 Å². The second-order valence-electron chi connectivity index (χ2n) is 5.70. The number of nitrogens with zero attached hydrogens (tertiary/aromatic N) is 3. The molecule has 1 fully saturated rings. The SMILES string of the molecule is CCN1CCCCC1Cc1cn2ccc(C(=O)O)cc2n1. The zero-order valence-electron chi connectivity index (χ0n) is 12.3. The van der Waals surface area contributed by atoms with Gasteiger partial charge in [0.05, 0.1) is 11.3 Å². The molecule has 0 bridgehead atoms. The third kappa shape index (κ3) is 2.93. The molecule has 0 spiro atoms. The monoisotopic (exact) mass is 287 g/mol.